The minimum absolute atomic E-state index is 0.642. The van der Waals surface area contributed by atoms with Crippen molar-refractivity contribution in [3.05, 3.63) is 34.9 Å². The quantitative estimate of drug-likeness (QED) is 0.861. The maximum absolute atomic E-state index is 10.5. The minimum atomic E-state index is -0.947. The predicted octanol–water partition coefficient (Wildman–Crippen LogP) is 3.43. The van der Waals surface area contributed by atoms with E-state index in [4.69, 9.17) is 16.7 Å². The van der Waals surface area contributed by atoms with Crippen LogP contribution in [0.3, 0.4) is 0 Å². The Morgan fingerprint density at radius 1 is 1.42 bits per heavy atom. The summed E-state index contributed by atoms with van der Waals surface area (Å²) in [7, 11) is 0. The van der Waals surface area contributed by atoms with Crippen LogP contribution in [0, 0.1) is 5.92 Å². The molecule has 1 aliphatic heterocycles. The third-order valence-corrected chi connectivity index (χ3v) is 4.41. The lowest BCUT2D eigenvalue weighted by Gasteiger charge is -2.30. The van der Waals surface area contributed by atoms with Crippen LogP contribution in [0.2, 0.25) is 5.02 Å². The normalized spacial score (nSPS) is 25.4. The van der Waals surface area contributed by atoms with Crippen LogP contribution in [0.25, 0.3) is 6.08 Å². The number of nitrogens with zero attached hydrogens (tertiary/aromatic N) is 1. The van der Waals surface area contributed by atoms with Crippen LogP contribution in [0.4, 0.5) is 5.69 Å². The number of aliphatic carboxylic acids is 1. The molecular weight excluding hydrogens is 262 g/mol. The van der Waals surface area contributed by atoms with Crippen molar-refractivity contribution < 1.29 is 9.90 Å². The summed E-state index contributed by atoms with van der Waals surface area (Å²) in [5.41, 5.74) is 1.90. The van der Waals surface area contributed by atoms with E-state index in [2.05, 4.69) is 4.90 Å². The fourth-order valence-corrected chi connectivity index (χ4v) is 3.54. The van der Waals surface area contributed by atoms with Gasteiger partial charge < -0.3 is 10.0 Å². The van der Waals surface area contributed by atoms with E-state index in [1.165, 1.54) is 19.3 Å². The van der Waals surface area contributed by atoms with E-state index in [0.717, 1.165) is 29.8 Å². The predicted molar refractivity (Wildman–Crippen MR) is 76.6 cm³/mol. The molecule has 0 spiro atoms. The van der Waals surface area contributed by atoms with Gasteiger partial charge in [0.25, 0.3) is 0 Å². The molecule has 1 N–H and O–H groups in total. The van der Waals surface area contributed by atoms with Gasteiger partial charge in [-0.25, -0.2) is 4.79 Å². The number of carboxylic acids is 1. The number of halogens is 1. The van der Waals surface area contributed by atoms with Crippen molar-refractivity contribution in [1.29, 1.82) is 0 Å². The van der Waals surface area contributed by atoms with Crippen molar-refractivity contribution in [1.82, 2.24) is 0 Å². The molecular formula is C15H16ClNO2. The number of carboxylic acid groups (broad SMARTS) is 1. The number of rotatable bonds is 3. The standard InChI is InChI=1S/C15H16ClNO2/c16-13-8-10(3-6-15(18)19)2-5-14(13)17-9-11-1-4-12(17)7-11/h2-3,5-6,8,11-12H,1,4,7,9H2,(H,18,19)/b6-3+. The van der Waals surface area contributed by atoms with E-state index in [0.29, 0.717) is 11.1 Å². The van der Waals surface area contributed by atoms with Crippen molar-refractivity contribution in [2.75, 3.05) is 11.4 Å². The number of hydrogen-bond donors (Lipinski definition) is 1. The smallest absolute Gasteiger partial charge is 0.328 e. The van der Waals surface area contributed by atoms with Gasteiger partial charge in [0, 0.05) is 18.7 Å². The third-order valence-electron chi connectivity index (χ3n) is 4.11. The van der Waals surface area contributed by atoms with Gasteiger partial charge >= 0.3 is 5.97 Å². The molecule has 0 amide bonds. The van der Waals surface area contributed by atoms with Crippen LogP contribution in [-0.4, -0.2) is 23.7 Å². The molecule has 1 aromatic rings. The first-order valence-corrected chi connectivity index (χ1v) is 6.98. The molecule has 1 heterocycles. The van der Waals surface area contributed by atoms with Gasteiger partial charge in [-0.3, -0.25) is 0 Å². The maximum Gasteiger partial charge on any atom is 0.328 e. The molecule has 1 saturated carbocycles. The summed E-state index contributed by atoms with van der Waals surface area (Å²) >= 11 is 6.34. The van der Waals surface area contributed by atoms with Crippen LogP contribution in [-0.2, 0) is 4.79 Å². The van der Waals surface area contributed by atoms with Gasteiger partial charge in [0.05, 0.1) is 10.7 Å². The molecule has 0 radical (unpaired) electrons. The Labute approximate surface area is 117 Å². The summed E-state index contributed by atoms with van der Waals surface area (Å²) in [4.78, 5) is 12.9. The lowest BCUT2D eigenvalue weighted by molar-refractivity contribution is -0.131. The van der Waals surface area contributed by atoms with E-state index in [1.54, 1.807) is 6.08 Å². The van der Waals surface area contributed by atoms with Gasteiger partial charge in [0.15, 0.2) is 0 Å². The Kier molecular flexibility index (Phi) is 3.23. The zero-order valence-corrected chi connectivity index (χ0v) is 11.3. The average Bonchev–Trinajstić information content (AvgIpc) is 2.98. The lowest BCUT2D eigenvalue weighted by Crippen LogP contribution is -2.31. The first kappa shape index (κ1) is 12.5. The molecule has 19 heavy (non-hydrogen) atoms. The number of benzene rings is 1. The Balaban J connectivity index is 1.82. The van der Waals surface area contributed by atoms with Crippen molar-refractivity contribution in [3.8, 4) is 0 Å². The molecule has 2 bridgehead atoms. The molecule has 2 unspecified atom stereocenters. The van der Waals surface area contributed by atoms with Crippen molar-refractivity contribution in [2.45, 2.75) is 25.3 Å². The zero-order valence-electron chi connectivity index (χ0n) is 10.6. The monoisotopic (exact) mass is 277 g/mol. The fourth-order valence-electron chi connectivity index (χ4n) is 3.25. The molecule has 1 saturated heterocycles. The number of hydrogen-bond acceptors (Lipinski definition) is 2. The molecule has 100 valence electrons. The molecule has 3 nitrogen and oxygen atoms in total. The van der Waals surface area contributed by atoms with E-state index in [-0.39, 0.29) is 0 Å². The number of carbonyl (C=O) groups is 1. The van der Waals surface area contributed by atoms with Crippen LogP contribution in [0.1, 0.15) is 24.8 Å². The average molecular weight is 278 g/mol. The maximum atomic E-state index is 10.5. The second-order valence-corrected chi connectivity index (χ2v) is 5.77. The van der Waals surface area contributed by atoms with Crippen LogP contribution >= 0.6 is 11.6 Å². The van der Waals surface area contributed by atoms with Gasteiger partial charge in [0.2, 0.25) is 0 Å². The molecule has 2 aliphatic rings. The second kappa shape index (κ2) is 4.89. The van der Waals surface area contributed by atoms with Gasteiger partial charge in [-0.15, -0.1) is 0 Å². The molecule has 1 aromatic carbocycles. The molecule has 3 rings (SSSR count). The lowest BCUT2D eigenvalue weighted by atomic mass is 10.1. The topological polar surface area (TPSA) is 40.5 Å². The van der Waals surface area contributed by atoms with Gasteiger partial charge in [-0.05, 0) is 49.0 Å². The van der Waals surface area contributed by atoms with E-state index >= 15 is 0 Å². The summed E-state index contributed by atoms with van der Waals surface area (Å²) in [6.45, 7) is 1.11. The van der Waals surface area contributed by atoms with Crippen LogP contribution < -0.4 is 4.90 Å². The zero-order chi connectivity index (χ0) is 13.4. The van der Waals surface area contributed by atoms with Gasteiger partial charge in [-0.2, -0.15) is 0 Å². The fraction of sp³-hybridized carbons (Fsp3) is 0.400. The molecule has 2 fully saturated rings. The molecule has 2 atom stereocenters. The number of piperidine rings is 1. The Hall–Kier alpha value is -1.48. The van der Waals surface area contributed by atoms with Crippen molar-refractivity contribution in [2.24, 2.45) is 5.92 Å². The minimum Gasteiger partial charge on any atom is -0.478 e. The van der Waals surface area contributed by atoms with E-state index < -0.39 is 5.97 Å². The van der Waals surface area contributed by atoms with Gasteiger partial charge in [-0.1, -0.05) is 17.7 Å². The van der Waals surface area contributed by atoms with Gasteiger partial charge in [0.1, 0.15) is 0 Å². The first-order valence-electron chi connectivity index (χ1n) is 6.60. The summed E-state index contributed by atoms with van der Waals surface area (Å²) in [6, 6.07) is 6.41. The summed E-state index contributed by atoms with van der Waals surface area (Å²) in [6.07, 6.45) is 6.59. The van der Waals surface area contributed by atoms with Crippen molar-refractivity contribution >= 4 is 29.3 Å². The summed E-state index contributed by atoms with van der Waals surface area (Å²) < 4.78 is 0. The number of anilines is 1. The van der Waals surface area contributed by atoms with Crippen LogP contribution in [0.5, 0.6) is 0 Å². The first-order chi connectivity index (χ1) is 9.13. The summed E-state index contributed by atoms with van der Waals surface area (Å²) in [5.74, 6) is -0.121. The highest BCUT2D eigenvalue weighted by Crippen LogP contribution is 2.42. The highest BCUT2D eigenvalue weighted by molar-refractivity contribution is 6.33. The Morgan fingerprint density at radius 2 is 2.26 bits per heavy atom. The molecule has 0 aromatic heterocycles. The van der Waals surface area contributed by atoms with E-state index in [1.807, 2.05) is 18.2 Å². The Bertz CT molecular complexity index is 541. The van der Waals surface area contributed by atoms with Crippen LogP contribution in [0.15, 0.2) is 24.3 Å². The van der Waals surface area contributed by atoms with Crippen molar-refractivity contribution in [3.63, 3.8) is 0 Å². The molecule has 4 heteroatoms. The summed E-state index contributed by atoms with van der Waals surface area (Å²) in [5, 5.41) is 9.32. The second-order valence-electron chi connectivity index (χ2n) is 5.37. The highest BCUT2D eigenvalue weighted by Gasteiger charge is 2.38. The third kappa shape index (κ3) is 2.47. The number of fused-ring (bicyclic) bond motifs is 2. The SMILES string of the molecule is O=C(O)/C=C/c1ccc(N2CC3CCC2C3)c(Cl)c1. The van der Waals surface area contributed by atoms with E-state index in [9.17, 15) is 4.79 Å². The Morgan fingerprint density at radius 3 is 2.84 bits per heavy atom. The largest absolute Gasteiger partial charge is 0.478 e. The highest BCUT2D eigenvalue weighted by atomic mass is 35.5. The molecule has 1 aliphatic carbocycles.